The molecular formula is C28H50N2. The Labute approximate surface area is 188 Å². The molecule has 2 nitrogen and oxygen atoms in total. The van der Waals surface area contributed by atoms with E-state index in [0.29, 0.717) is 0 Å². The molecule has 1 aliphatic rings. The summed E-state index contributed by atoms with van der Waals surface area (Å²) in [6.07, 6.45) is 19.7. The Morgan fingerprint density at radius 1 is 0.600 bits per heavy atom. The van der Waals surface area contributed by atoms with Gasteiger partial charge in [0.1, 0.15) is 0 Å². The summed E-state index contributed by atoms with van der Waals surface area (Å²) in [4.78, 5) is 0. The van der Waals surface area contributed by atoms with E-state index in [4.69, 9.17) is 0 Å². The van der Waals surface area contributed by atoms with Gasteiger partial charge in [0, 0.05) is 13.1 Å². The molecule has 0 unspecified atom stereocenters. The van der Waals surface area contributed by atoms with Gasteiger partial charge in [0.25, 0.3) is 0 Å². The summed E-state index contributed by atoms with van der Waals surface area (Å²) in [5.41, 5.74) is 5.87. The number of hydrogen-bond acceptors (Lipinski definition) is 2. The smallest absolute Gasteiger partial charge is 0.0137 e. The number of rotatable bonds is 14. The van der Waals surface area contributed by atoms with Crippen LogP contribution in [-0.2, 0) is 0 Å². The molecule has 1 aliphatic carbocycles. The van der Waals surface area contributed by atoms with Crippen LogP contribution in [0.3, 0.4) is 0 Å². The van der Waals surface area contributed by atoms with E-state index in [9.17, 15) is 0 Å². The molecule has 0 aromatic rings. The van der Waals surface area contributed by atoms with E-state index in [2.05, 4.69) is 76.5 Å². The first-order valence-corrected chi connectivity index (χ1v) is 12.4. The van der Waals surface area contributed by atoms with Crippen LogP contribution >= 0.6 is 0 Å². The molecule has 1 saturated carbocycles. The molecule has 30 heavy (non-hydrogen) atoms. The van der Waals surface area contributed by atoms with Gasteiger partial charge in [-0.15, -0.1) is 0 Å². The van der Waals surface area contributed by atoms with Crippen molar-refractivity contribution in [2.24, 2.45) is 11.8 Å². The van der Waals surface area contributed by atoms with Gasteiger partial charge in [-0.05, 0) is 118 Å². The lowest BCUT2D eigenvalue weighted by Crippen LogP contribution is -2.30. The molecule has 0 saturated heterocycles. The van der Waals surface area contributed by atoms with Gasteiger partial charge in [0.15, 0.2) is 0 Å². The summed E-state index contributed by atoms with van der Waals surface area (Å²) in [6, 6.07) is 0. The monoisotopic (exact) mass is 414 g/mol. The Kier molecular flexibility index (Phi) is 14.9. The molecule has 172 valence electrons. The highest BCUT2D eigenvalue weighted by Gasteiger charge is 2.20. The highest BCUT2D eigenvalue weighted by Crippen LogP contribution is 2.27. The third-order valence-electron chi connectivity index (χ3n) is 6.20. The average Bonchev–Trinajstić information content (AvgIpc) is 2.69. The number of nitrogens with one attached hydrogen (secondary N) is 2. The van der Waals surface area contributed by atoms with Gasteiger partial charge in [-0.3, -0.25) is 0 Å². The Morgan fingerprint density at radius 2 is 0.967 bits per heavy atom. The molecule has 0 spiro atoms. The molecule has 2 heteroatoms. The van der Waals surface area contributed by atoms with E-state index in [1.165, 1.54) is 86.7 Å². The van der Waals surface area contributed by atoms with Crippen LogP contribution < -0.4 is 10.6 Å². The number of allylic oxidation sites excluding steroid dienone is 6. The topological polar surface area (TPSA) is 24.1 Å². The largest absolute Gasteiger partial charge is 0.313 e. The van der Waals surface area contributed by atoms with Gasteiger partial charge in [-0.25, -0.2) is 0 Å². The lowest BCUT2D eigenvalue weighted by molar-refractivity contribution is 0.265. The minimum atomic E-state index is 0.873. The molecule has 0 amide bonds. The molecule has 0 atom stereocenters. The molecule has 2 N–H and O–H groups in total. The minimum Gasteiger partial charge on any atom is -0.313 e. The first kappa shape index (κ1) is 26.9. The first-order chi connectivity index (χ1) is 14.4. The predicted molar refractivity (Wildman–Crippen MR) is 136 cm³/mol. The summed E-state index contributed by atoms with van der Waals surface area (Å²) < 4.78 is 0. The van der Waals surface area contributed by atoms with Crippen molar-refractivity contribution in [3.63, 3.8) is 0 Å². The Balaban J connectivity index is 2.08. The normalized spacial score (nSPS) is 20.2. The Bertz CT molecular complexity index is 511. The van der Waals surface area contributed by atoms with Crippen molar-refractivity contribution in [2.75, 3.05) is 26.2 Å². The van der Waals surface area contributed by atoms with E-state index in [0.717, 1.165) is 24.9 Å². The second kappa shape index (κ2) is 16.6. The third-order valence-corrected chi connectivity index (χ3v) is 6.20. The van der Waals surface area contributed by atoms with E-state index in [1.807, 2.05) is 0 Å². The molecular weight excluding hydrogens is 364 g/mol. The number of hydrogen-bond donors (Lipinski definition) is 2. The second-order valence-corrected chi connectivity index (χ2v) is 9.94. The predicted octanol–water partition coefficient (Wildman–Crippen LogP) is 7.36. The zero-order valence-corrected chi connectivity index (χ0v) is 20.9. The zero-order valence-electron chi connectivity index (χ0n) is 20.9. The van der Waals surface area contributed by atoms with E-state index < -0.39 is 0 Å². The fourth-order valence-electron chi connectivity index (χ4n) is 4.09. The van der Waals surface area contributed by atoms with Crippen molar-refractivity contribution in [3.8, 4) is 0 Å². The van der Waals surface area contributed by atoms with Crippen LogP contribution in [0, 0.1) is 11.8 Å². The van der Waals surface area contributed by atoms with Crippen molar-refractivity contribution in [2.45, 2.75) is 92.9 Å². The summed E-state index contributed by atoms with van der Waals surface area (Å²) in [6.45, 7) is 17.7. The quantitative estimate of drug-likeness (QED) is 0.229. The van der Waals surface area contributed by atoms with Crippen LogP contribution in [0.5, 0.6) is 0 Å². The highest BCUT2D eigenvalue weighted by molar-refractivity contribution is 5.04. The lowest BCUT2D eigenvalue weighted by Gasteiger charge is -2.28. The molecule has 0 radical (unpaired) electrons. The summed E-state index contributed by atoms with van der Waals surface area (Å²) >= 11 is 0. The summed E-state index contributed by atoms with van der Waals surface area (Å²) in [5, 5.41) is 7.34. The molecule has 0 aromatic carbocycles. The van der Waals surface area contributed by atoms with Crippen molar-refractivity contribution in [1.82, 2.24) is 10.6 Å². The van der Waals surface area contributed by atoms with Gasteiger partial charge in [-0.1, -0.05) is 46.6 Å². The van der Waals surface area contributed by atoms with Crippen LogP contribution in [0.2, 0.25) is 0 Å². The van der Waals surface area contributed by atoms with Gasteiger partial charge >= 0.3 is 0 Å². The van der Waals surface area contributed by atoms with Crippen molar-refractivity contribution < 1.29 is 0 Å². The highest BCUT2D eigenvalue weighted by atomic mass is 14.9. The molecule has 0 heterocycles. The average molecular weight is 415 g/mol. The first-order valence-electron chi connectivity index (χ1n) is 12.4. The Hall–Kier alpha value is -1.12. The van der Waals surface area contributed by atoms with Crippen LogP contribution in [0.15, 0.2) is 46.6 Å². The Morgan fingerprint density at radius 3 is 1.30 bits per heavy atom. The molecule has 0 bridgehead atoms. The van der Waals surface area contributed by atoms with E-state index in [-0.39, 0.29) is 0 Å². The maximum absolute atomic E-state index is 3.67. The summed E-state index contributed by atoms with van der Waals surface area (Å²) in [5.74, 6) is 1.75. The van der Waals surface area contributed by atoms with Crippen LogP contribution in [0.25, 0.3) is 0 Å². The van der Waals surface area contributed by atoms with Crippen molar-refractivity contribution in [1.29, 1.82) is 0 Å². The standard InChI is InChI=1S/C28H50N2/c1-23(2)9-7-11-25(5)17-19-29-21-27-13-15-28(16-14-27)22-30-20-18-26(6)12-8-10-24(3)4/h9-10,17-18,27-30H,7-8,11-16,19-22H2,1-6H3/b25-17-,26-18-. The third kappa shape index (κ3) is 14.8. The summed E-state index contributed by atoms with van der Waals surface area (Å²) in [7, 11) is 0. The van der Waals surface area contributed by atoms with Gasteiger partial charge in [0.05, 0.1) is 0 Å². The van der Waals surface area contributed by atoms with E-state index in [1.54, 1.807) is 0 Å². The molecule has 0 aliphatic heterocycles. The van der Waals surface area contributed by atoms with E-state index >= 15 is 0 Å². The van der Waals surface area contributed by atoms with Crippen LogP contribution in [0.1, 0.15) is 92.9 Å². The van der Waals surface area contributed by atoms with Crippen molar-refractivity contribution >= 4 is 0 Å². The van der Waals surface area contributed by atoms with Gasteiger partial charge < -0.3 is 10.6 Å². The lowest BCUT2D eigenvalue weighted by atomic mass is 9.82. The fourth-order valence-corrected chi connectivity index (χ4v) is 4.09. The van der Waals surface area contributed by atoms with Gasteiger partial charge in [-0.2, -0.15) is 0 Å². The van der Waals surface area contributed by atoms with Crippen molar-refractivity contribution in [3.05, 3.63) is 46.6 Å². The minimum absolute atomic E-state index is 0.873. The SMILES string of the molecule is CC(C)=CCC/C(C)=C\CNCC1CCC(CNC/C=C(/C)CCC=C(C)C)CC1. The molecule has 1 fully saturated rings. The maximum atomic E-state index is 3.67. The van der Waals surface area contributed by atoms with Crippen LogP contribution in [0.4, 0.5) is 0 Å². The second-order valence-electron chi connectivity index (χ2n) is 9.94. The maximum Gasteiger partial charge on any atom is 0.0137 e. The zero-order chi connectivity index (χ0) is 22.2. The molecule has 0 aromatic heterocycles. The molecule has 1 rings (SSSR count). The van der Waals surface area contributed by atoms with Crippen LogP contribution in [-0.4, -0.2) is 26.2 Å². The fraction of sp³-hybridized carbons (Fsp3) is 0.714. The van der Waals surface area contributed by atoms with Gasteiger partial charge in [0.2, 0.25) is 0 Å².